The standard InChI is InChI=1S/C26H21Cl2N3O6S/c1-3-37-21-10-6-9-19(27)24(21)29-26(33)18-12-15-7-4-5-8-17(15)23(25(18)32)31-30-20-13-16(38(34,35)36)11-14(2)22(20)28/h4-13,32H,3H2,1-2H3,(H,29,33)(H,34,35,36). The molecule has 0 unspecified atom stereocenters. The highest BCUT2D eigenvalue weighted by atomic mass is 35.5. The van der Waals surface area contributed by atoms with Crippen LogP contribution in [-0.2, 0) is 10.1 Å². The number of hydrogen-bond acceptors (Lipinski definition) is 7. The number of anilines is 1. The number of azo groups is 1. The molecule has 0 spiro atoms. The Balaban J connectivity index is 1.83. The summed E-state index contributed by atoms with van der Waals surface area (Å²) in [6.45, 7) is 3.67. The molecule has 0 atom stereocenters. The Labute approximate surface area is 228 Å². The summed E-state index contributed by atoms with van der Waals surface area (Å²) in [5.74, 6) is -0.799. The third-order valence-corrected chi connectivity index (χ3v) is 7.16. The minimum Gasteiger partial charge on any atom is -0.505 e. The van der Waals surface area contributed by atoms with E-state index in [4.69, 9.17) is 27.9 Å². The van der Waals surface area contributed by atoms with Crippen LogP contribution in [-0.4, -0.2) is 30.6 Å². The number of ether oxygens (including phenoxy) is 1. The maximum absolute atomic E-state index is 13.3. The molecular formula is C26H21Cl2N3O6S. The molecule has 4 aromatic carbocycles. The molecule has 0 saturated heterocycles. The van der Waals surface area contributed by atoms with Crippen molar-refractivity contribution in [2.45, 2.75) is 18.7 Å². The van der Waals surface area contributed by atoms with Gasteiger partial charge in [0.05, 0.1) is 27.1 Å². The topological polar surface area (TPSA) is 138 Å². The van der Waals surface area contributed by atoms with Gasteiger partial charge in [0.1, 0.15) is 22.8 Å². The number of halogens is 2. The number of carbonyl (C=O) groups is 1. The molecule has 0 aliphatic carbocycles. The van der Waals surface area contributed by atoms with Gasteiger partial charge in [-0.15, -0.1) is 10.2 Å². The van der Waals surface area contributed by atoms with Gasteiger partial charge in [-0.3, -0.25) is 9.35 Å². The van der Waals surface area contributed by atoms with Crippen molar-refractivity contribution in [2.75, 3.05) is 11.9 Å². The number of nitrogens with zero attached hydrogens (tertiary/aromatic N) is 2. The van der Waals surface area contributed by atoms with E-state index in [1.54, 1.807) is 56.3 Å². The fraction of sp³-hybridized carbons (Fsp3) is 0.115. The second kappa shape index (κ2) is 11.0. The van der Waals surface area contributed by atoms with E-state index in [-0.39, 0.29) is 32.7 Å². The Morgan fingerprint density at radius 1 is 1.05 bits per heavy atom. The molecule has 196 valence electrons. The van der Waals surface area contributed by atoms with Crippen LogP contribution in [0.3, 0.4) is 0 Å². The quantitative estimate of drug-likeness (QED) is 0.155. The van der Waals surface area contributed by atoms with Gasteiger partial charge in [-0.1, -0.05) is 53.5 Å². The Bertz CT molecular complexity index is 1710. The molecular weight excluding hydrogens is 553 g/mol. The van der Waals surface area contributed by atoms with Gasteiger partial charge < -0.3 is 15.2 Å². The average molecular weight is 574 g/mol. The zero-order valence-corrected chi connectivity index (χ0v) is 22.4. The highest BCUT2D eigenvalue weighted by Gasteiger charge is 2.21. The molecule has 4 rings (SSSR count). The van der Waals surface area contributed by atoms with Crippen molar-refractivity contribution >= 4 is 67.1 Å². The minimum atomic E-state index is -4.53. The highest BCUT2D eigenvalue weighted by molar-refractivity contribution is 7.85. The van der Waals surface area contributed by atoms with Crippen LogP contribution in [0.4, 0.5) is 17.1 Å². The van der Waals surface area contributed by atoms with Gasteiger partial charge in [0.25, 0.3) is 16.0 Å². The summed E-state index contributed by atoms with van der Waals surface area (Å²) in [5.41, 5.74) is 0.344. The van der Waals surface area contributed by atoms with E-state index >= 15 is 0 Å². The van der Waals surface area contributed by atoms with Crippen LogP contribution in [0.5, 0.6) is 11.5 Å². The summed E-state index contributed by atoms with van der Waals surface area (Å²) in [5, 5.41) is 23.4. The number of aryl methyl sites for hydroxylation is 1. The molecule has 0 aliphatic rings. The lowest BCUT2D eigenvalue weighted by Crippen LogP contribution is -2.14. The first kappa shape index (κ1) is 27.3. The molecule has 3 N–H and O–H groups in total. The second-order valence-electron chi connectivity index (χ2n) is 8.09. The van der Waals surface area contributed by atoms with Crippen molar-refractivity contribution in [1.82, 2.24) is 0 Å². The van der Waals surface area contributed by atoms with E-state index < -0.39 is 26.7 Å². The average Bonchev–Trinajstić information content (AvgIpc) is 2.86. The van der Waals surface area contributed by atoms with Gasteiger partial charge in [0.15, 0.2) is 5.75 Å². The van der Waals surface area contributed by atoms with Crippen molar-refractivity contribution in [3.63, 3.8) is 0 Å². The summed E-state index contributed by atoms with van der Waals surface area (Å²) in [6.07, 6.45) is 0. The van der Waals surface area contributed by atoms with Crippen molar-refractivity contribution in [2.24, 2.45) is 10.2 Å². The molecule has 0 fully saturated rings. The molecule has 4 aromatic rings. The van der Waals surface area contributed by atoms with Gasteiger partial charge in [-0.2, -0.15) is 8.42 Å². The molecule has 0 aromatic heterocycles. The highest BCUT2D eigenvalue weighted by Crippen LogP contribution is 2.41. The molecule has 1 amide bonds. The molecule has 0 aliphatic heterocycles. The number of phenolic OH excluding ortho intramolecular Hbond substituents is 1. The SMILES string of the molecule is CCOc1cccc(Cl)c1NC(=O)c1cc2ccccc2c(N=Nc2cc(S(=O)(=O)O)cc(C)c2Cl)c1O. The molecule has 0 heterocycles. The predicted molar refractivity (Wildman–Crippen MR) is 146 cm³/mol. The maximum atomic E-state index is 13.3. The van der Waals surface area contributed by atoms with Crippen LogP contribution < -0.4 is 10.1 Å². The smallest absolute Gasteiger partial charge is 0.294 e. The normalized spacial score (nSPS) is 11.7. The van der Waals surface area contributed by atoms with Crippen molar-refractivity contribution < 1.29 is 27.6 Å². The van der Waals surface area contributed by atoms with Gasteiger partial charge >= 0.3 is 0 Å². The Morgan fingerprint density at radius 2 is 1.79 bits per heavy atom. The number of phenols is 1. The zero-order valence-electron chi connectivity index (χ0n) is 20.1. The van der Waals surface area contributed by atoms with Crippen LogP contribution in [0, 0.1) is 6.92 Å². The number of aromatic hydroxyl groups is 1. The zero-order chi connectivity index (χ0) is 27.6. The fourth-order valence-electron chi connectivity index (χ4n) is 3.72. The third kappa shape index (κ3) is 5.58. The Morgan fingerprint density at radius 3 is 2.50 bits per heavy atom. The first-order valence-electron chi connectivity index (χ1n) is 11.2. The summed E-state index contributed by atoms with van der Waals surface area (Å²) in [7, 11) is -4.53. The van der Waals surface area contributed by atoms with E-state index in [1.165, 1.54) is 12.1 Å². The summed E-state index contributed by atoms with van der Waals surface area (Å²) < 4.78 is 38.3. The van der Waals surface area contributed by atoms with Crippen LogP contribution in [0.25, 0.3) is 10.8 Å². The monoisotopic (exact) mass is 573 g/mol. The van der Waals surface area contributed by atoms with Gasteiger partial charge in [-0.25, -0.2) is 0 Å². The van der Waals surface area contributed by atoms with E-state index in [9.17, 15) is 22.9 Å². The van der Waals surface area contributed by atoms with Gasteiger partial charge in [0, 0.05) is 5.39 Å². The number of benzene rings is 4. The number of rotatable bonds is 7. The molecule has 38 heavy (non-hydrogen) atoms. The van der Waals surface area contributed by atoms with E-state index in [1.807, 2.05) is 0 Å². The number of amides is 1. The first-order valence-corrected chi connectivity index (χ1v) is 13.4. The third-order valence-electron chi connectivity index (χ3n) is 5.52. The lowest BCUT2D eigenvalue weighted by atomic mass is 10.0. The van der Waals surface area contributed by atoms with Crippen molar-refractivity contribution in [3.05, 3.63) is 81.8 Å². The van der Waals surface area contributed by atoms with Crippen molar-refractivity contribution in [1.29, 1.82) is 0 Å². The molecule has 0 radical (unpaired) electrons. The second-order valence-corrected chi connectivity index (χ2v) is 10.3. The maximum Gasteiger partial charge on any atom is 0.294 e. The van der Waals surface area contributed by atoms with Crippen LogP contribution >= 0.6 is 23.2 Å². The molecule has 9 nitrogen and oxygen atoms in total. The molecule has 12 heteroatoms. The first-order chi connectivity index (χ1) is 18.0. The van der Waals surface area contributed by atoms with Crippen LogP contribution in [0.2, 0.25) is 10.0 Å². The number of nitrogens with one attached hydrogen (secondary N) is 1. The lowest BCUT2D eigenvalue weighted by molar-refractivity contribution is 0.102. The largest absolute Gasteiger partial charge is 0.505 e. The lowest BCUT2D eigenvalue weighted by Gasteiger charge is -2.15. The fourth-order valence-corrected chi connectivity index (χ4v) is 4.66. The number of hydrogen-bond donors (Lipinski definition) is 3. The summed E-state index contributed by atoms with van der Waals surface area (Å²) in [4.78, 5) is 12.9. The van der Waals surface area contributed by atoms with E-state index in [2.05, 4.69) is 15.5 Å². The Kier molecular flexibility index (Phi) is 7.89. The Hall–Kier alpha value is -3.70. The number of fused-ring (bicyclic) bond motifs is 1. The summed E-state index contributed by atoms with van der Waals surface area (Å²) >= 11 is 12.6. The van der Waals surface area contributed by atoms with E-state index in [0.29, 0.717) is 28.7 Å². The number of carbonyl (C=O) groups excluding carboxylic acids is 1. The number of para-hydroxylation sites is 1. The van der Waals surface area contributed by atoms with Crippen LogP contribution in [0.15, 0.2) is 75.8 Å². The van der Waals surface area contributed by atoms with E-state index in [0.717, 1.165) is 6.07 Å². The van der Waals surface area contributed by atoms with Crippen molar-refractivity contribution in [3.8, 4) is 11.5 Å². The predicted octanol–water partition coefficient (Wildman–Crippen LogP) is 7.47. The van der Waals surface area contributed by atoms with Crippen LogP contribution in [0.1, 0.15) is 22.8 Å². The van der Waals surface area contributed by atoms with Gasteiger partial charge in [0.2, 0.25) is 0 Å². The summed E-state index contributed by atoms with van der Waals surface area (Å²) in [6, 6.07) is 15.5. The minimum absolute atomic E-state index is 0.0524. The molecule has 0 saturated carbocycles. The molecule has 0 bridgehead atoms. The van der Waals surface area contributed by atoms with Gasteiger partial charge in [-0.05, 0) is 55.1 Å².